The summed E-state index contributed by atoms with van der Waals surface area (Å²) in [7, 11) is 0. The van der Waals surface area contributed by atoms with Crippen LogP contribution in [0.5, 0.6) is 0 Å². The van der Waals surface area contributed by atoms with Gasteiger partial charge in [-0.2, -0.15) is 0 Å². The quantitative estimate of drug-likeness (QED) is 0.802. The van der Waals surface area contributed by atoms with E-state index in [-0.39, 0.29) is 11.3 Å². The van der Waals surface area contributed by atoms with Crippen molar-refractivity contribution < 1.29 is 18.7 Å². The van der Waals surface area contributed by atoms with Crippen molar-refractivity contribution in [1.82, 2.24) is 4.98 Å². The Morgan fingerprint density at radius 1 is 1.33 bits per heavy atom. The molecule has 0 aliphatic carbocycles. The maximum absolute atomic E-state index is 12.3. The van der Waals surface area contributed by atoms with Crippen LogP contribution in [0.2, 0.25) is 0 Å². The van der Waals surface area contributed by atoms with Gasteiger partial charge in [0, 0.05) is 16.5 Å². The number of carboxylic acid groups (broad SMARTS) is 1. The van der Waals surface area contributed by atoms with Gasteiger partial charge in [-0.1, -0.05) is 12.1 Å². The second-order valence-electron chi connectivity index (χ2n) is 3.14. The second-order valence-corrected chi connectivity index (χ2v) is 3.14. The van der Waals surface area contributed by atoms with Crippen molar-refractivity contribution in [2.45, 2.75) is 6.43 Å². The molecule has 2 aromatic rings. The van der Waals surface area contributed by atoms with Crippen molar-refractivity contribution in [2.75, 3.05) is 0 Å². The lowest BCUT2D eigenvalue weighted by Gasteiger charge is -1.98. The SMILES string of the molecule is O=C(O)c1cc2ccc(C(F)F)cc2[nH]1. The lowest BCUT2D eigenvalue weighted by molar-refractivity contribution is 0.0691. The number of benzene rings is 1. The number of aromatic nitrogens is 1. The highest BCUT2D eigenvalue weighted by Crippen LogP contribution is 2.23. The van der Waals surface area contributed by atoms with E-state index in [2.05, 4.69) is 4.98 Å². The van der Waals surface area contributed by atoms with E-state index < -0.39 is 12.4 Å². The molecule has 0 amide bonds. The fourth-order valence-electron chi connectivity index (χ4n) is 1.40. The van der Waals surface area contributed by atoms with Crippen molar-refractivity contribution >= 4 is 16.9 Å². The third-order valence-electron chi connectivity index (χ3n) is 2.13. The van der Waals surface area contributed by atoms with Crippen LogP contribution in [0.4, 0.5) is 8.78 Å². The first-order chi connectivity index (χ1) is 7.08. The molecule has 78 valence electrons. The van der Waals surface area contributed by atoms with Gasteiger partial charge >= 0.3 is 5.97 Å². The van der Waals surface area contributed by atoms with Crippen molar-refractivity contribution in [2.24, 2.45) is 0 Å². The zero-order chi connectivity index (χ0) is 11.0. The van der Waals surface area contributed by atoms with Crippen LogP contribution in [0.1, 0.15) is 22.5 Å². The van der Waals surface area contributed by atoms with Crippen molar-refractivity contribution in [3.63, 3.8) is 0 Å². The van der Waals surface area contributed by atoms with E-state index in [0.29, 0.717) is 10.9 Å². The van der Waals surface area contributed by atoms with Crippen LogP contribution in [0, 0.1) is 0 Å². The first kappa shape index (κ1) is 9.64. The van der Waals surface area contributed by atoms with Crippen molar-refractivity contribution in [3.8, 4) is 0 Å². The molecule has 0 aliphatic heterocycles. The monoisotopic (exact) mass is 211 g/mol. The second kappa shape index (κ2) is 3.34. The van der Waals surface area contributed by atoms with Crippen molar-refractivity contribution in [1.29, 1.82) is 0 Å². The minimum atomic E-state index is -2.55. The summed E-state index contributed by atoms with van der Waals surface area (Å²) in [4.78, 5) is 13.2. The highest BCUT2D eigenvalue weighted by Gasteiger charge is 2.11. The summed E-state index contributed by atoms with van der Waals surface area (Å²) in [5, 5.41) is 9.29. The molecule has 0 fully saturated rings. The van der Waals surface area contributed by atoms with Crippen LogP contribution in [-0.2, 0) is 0 Å². The van der Waals surface area contributed by atoms with E-state index in [1.54, 1.807) is 0 Å². The molecule has 3 nitrogen and oxygen atoms in total. The summed E-state index contributed by atoms with van der Waals surface area (Å²) in [6.07, 6.45) is -2.55. The maximum atomic E-state index is 12.3. The molecule has 1 aromatic carbocycles. The highest BCUT2D eigenvalue weighted by atomic mass is 19.3. The number of hydrogen-bond donors (Lipinski definition) is 2. The number of aromatic amines is 1. The van der Waals surface area contributed by atoms with Gasteiger partial charge in [-0.15, -0.1) is 0 Å². The fourth-order valence-corrected chi connectivity index (χ4v) is 1.40. The van der Waals surface area contributed by atoms with E-state index in [0.717, 1.165) is 0 Å². The zero-order valence-electron chi connectivity index (χ0n) is 7.50. The lowest BCUT2D eigenvalue weighted by atomic mass is 10.2. The van der Waals surface area contributed by atoms with Crippen LogP contribution in [0.15, 0.2) is 24.3 Å². The van der Waals surface area contributed by atoms with Gasteiger partial charge in [0.1, 0.15) is 5.69 Å². The third kappa shape index (κ3) is 1.68. The van der Waals surface area contributed by atoms with Crippen LogP contribution in [0.25, 0.3) is 10.9 Å². The normalized spacial score (nSPS) is 11.1. The molecule has 0 unspecified atom stereocenters. The summed E-state index contributed by atoms with van der Waals surface area (Å²) >= 11 is 0. The Bertz CT molecular complexity index is 519. The van der Waals surface area contributed by atoms with Crippen molar-refractivity contribution in [3.05, 3.63) is 35.5 Å². The predicted molar refractivity (Wildman–Crippen MR) is 50.2 cm³/mol. The van der Waals surface area contributed by atoms with E-state index in [9.17, 15) is 13.6 Å². The Morgan fingerprint density at radius 2 is 2.07 bits per heavy atom. The molecular formula is C10H7F2NO2. The van der Waals surface area contributed by atoms with Gasteiger partial charge < -0.3 is 10.1 Å². The average molecular weight is 211 g/mol. The largest absolute Gasteiger partial charge is 0.477 e. The van der Waals surface area contributed by atoms with Gasteiger partial charge in [0.15, 0.2) is 0 Å². The van der Waals surface area contributed by atoms with Gasteiger partial charge in [-0.3, -0.25) is 0 Å². The number of H-pyrrole nitrogens is 1. The molecule has 5 heteroatoms. The van der Waals surface area contributed by atoms with Crippen LogP contribution >= 0.6 is 0 Å². The molecule has 2 N–H and O–H groups in total. The molecule has 0 saturated carbocycles. The third-order valence-corrected chi connectivity index (χ3v) is 2.13. The first-order valence-electron chi connectivity index (χ1n) is 4.22. The Labute approximate surface area is 83.3 Å². The molecule has 0 spiro atoms. The molecule has 0 radical (unpaired) electrons. The molecule has 0 aliphatic rings. The zero-order valence-corrected chi connectivity index (χ0v) is 7.50. The summed E-state index contributed by atoms with van der Waals surface area (Å²) in [5.74, 6) is -1.11. The van der Waals surface area contributed by atoms with Gasteiger partial charge in [0.25, 0.3) is 6.43 Å². The molecule has 0 bridgehead atoms. The summed E-state index contributed by atoms with van der Waals surface area (Å²) in [5.41, 5.74) is 0.280. The van der Waals surface area contributed by atoms with E-state index in [4.69, 9.17) is 5.11 Å². The van der Waals surface area contributed by atoms with E-state index in [1.807, 2.05) is 0 Å². The standard InChI is InChI=1S/C10H7F2NO2/c11-9(12)6-2-1-5-3-8(10(14)15)13-7(5)4-6/h1-4,9,13H,(H,14,15). The molecule has 1 aromatic heterocycles. The molecule has 0 saturated heterocycles. The summed E-state index contributed by atoms with van der Waals surface area (Å²) in [6.45, 7) is 0. The summed E-state index contributed by atoms with van der Waals surface area (Å²) < 4.78 is 24.7. The van der Waals surface area contributed by atoms with E-state index >= 15 is 0 Å². The van der Waals surface area contributed by atoms with Gasteiger partial charge in [0.05, 0.1) is 0 Å². The van der Waals surface area contributed by atoms with Crippen LogP contribution in [0.3, 0.4) is 0 Å². The van der Waals surface area contributed by atoms with Crippen LogP contribution in [-0.4, -0.2) is 16.1 Å². The van der Waals surface area contributed by atoms with Crippen LogP contribution < -0.4 is 0 Å². The Kier molecular flexibility index (Phi) is 2.15. The number of alkyl halides is 2. The van der Waals surface area contributed by atoms with Gasteiger partial charge in [-0.25, -0.2) is 13.6 Å². The minimum Gasteiger partial charge on any atom is -0.477 e. The number of halogens is 2. The highest BCUT2D eigenvalue weighted by molar-refractivity contribution is 5.93. The number of fused-ring (bicyclic) bond motifs is 1. The Morgan fingerprint density at radius 3 is 2.67 bits per heavy atom. The number of carboxylic acids is 1. The molecular weight excluding hydrogens is 204 g/mol. The first-order valence-corrected chi connectivity index (χ1v) is 4.22. The smallest absolute Gasteiger partial charge is 0.352 e. The lowest BCUT2D eigenvalue weighted by Crippen LogP contribution is -1.94. The van der Waals surface area contributed by atoms with E-state index in [1.165, 1.54) is 24.3 Å². The Balaban J connectivity index is 2.57. The molecule has 0 atom stereocenters. The number of nitrogens with one attached hydrogen (secondary N) is 1. The average Bonchev–Trinajstić information content (AvgIpc) is 2.59. The predicted octanol–water partition coefficient (Wildman–Crippen LogP) is 2.80. The number of aromatic carboxylic acids is 1. The number of carbonyl (C=O) groups is 1. The number of rotatable bonds is 2. The fraction of sp³-hybridized carbons (Fsp3) is 0.100. The number of hydrogen-bond acceptors (Lipinski definition) is 1. The summed E-state index contributed by atoms with van der Waals surface area (Å²) in [6, 6.07) is 5.42. The molecule has 2 rings (SSSR count). The Hall–Kier alpha value is -1.91. The minimum absolute atomic E-state index is 0.00332. The molecule has 1 heterocycles. The topological polar surface area (TPSA) is 53.1 Å². The molecule has 15 heavy (non-hydrogen) atoms. The van der Waals surface area contributed by atoms with Gasteiger partial charge in [-0.05, 0) is 12.1 Å². The van der Waals surface area contributed by atoms with Gasteiger partial charge in [0.2, 0.25) is 0 Å². The maximum Gasteiger partial charge on any atom is 0.352 e.